The molecule has 0 saturated carbocycles. The Morgan fingerprint density at radius 2 is 2.07 bits per heavy atom. The predicted molar refractivity (Wildman–Crippen MR) is 105 cm³/mol. The van der Waals surface area contributed by atoms with E-state index in [0.29, 0.717) is 47.3 Å². The van der Waals surface area contributed by atoms with Gasteiger partial charge in [-0.05, 0) is 42.8 Å². The molecule has 4 nitrogen and oxygen atoms in total. The third-order valence-corrected chi connectivity index (χ3v) is 5.88. The number of benzene rings is 2. The summed E-state index contributed by atoms with van der Waals surface area (Å²) in [4.78, 5) is 14.3. The van der Waals surface area contributed by atoms with Crippen LogP contribution in [-0.2, 0) is 0 Å². The molecule has 1 atom stereocenters. The fraction of sp³-hybridized carbons (Fsp3) is 0.316. The van der Waals surface area contributed by atoms with E-state index in [0.717, 1.165) is 12.1 Å². The van der Waals surface area contributed by atoms with E-state index < -0.39 is 11.6 Å². The van der Waals surface area contributed by atoms with E-state index in [1.807, 2.05) is 0 Å². The van der Waals surface area contributed by atoms with Gasteiger partial charge in [0.25, 0.3) is 0 Å². The van der Waals surface area contributed by atoms with Crippen molar-refractivity contribution in [3.63, 3.8) is 0 Å². The van der Waals surface area contributed by atoms with Crippen molar-refractivity contribution in [1.29, 1.82) is 0 Å². The second-order valence-corrected chi connectivity index (χ2v) is 7.82. The highest BCUT2D eigenvalue weighted by Gasteiger charge is 2.24. The standard InChI is InChI=1S/C19H19ClF2N2O2S/c1-26-17-5-2-12(20)10-16(17)23-19(25)24-7-6-18(27-9-8-24)14-11-13(21)3-4-15(14)22/h2-5,10-11,18H,6-9H2,1H3,(H,23,25)/t18-/m0/s1. The Kier molecular flexibility index (Phi) is 6.44. The van der Waals surface area contributed by atoms with Gasteiger partial charge < -0.3 is 15.0 Å². The van der Waals surface area contributed by atoms with Gasteiger partial charge in [-0.3, -0.25) is 0 Å². The van der Waals surface area contributed by atoms with Crippen LogP contribution in [-0.4, -0.2) is 36.9 Å². The number of hydrogen-bond acceptors (Lipinski definition) is 3. The molecule has 0 spiro atoms. The minimum Gasteiger partial charge on any atom is -0.495 e. The number of nitrogens with zero attached hydrogens (tertiary/aromatic N) is 1. The molecule has 144 valence electrons. The van der Waals surface area contributed by atoms with Gasteiger partial charge in [0.15, 0.2) is 0 Å². The summed E-state index contributed by atoms with van der Waals surface area (Å²) in [7, 11) is 1.51. The number of carbonyl (C=O) groups is 1. The maximum absolute atomic E-state index is 14.1. The lowest BCUT2D eigenvalue weighted by Gasteiger charge is -2.21. The summed E-state index contributed by atoms with van der Waals surface area (Å²) in [5, 5.41) is 3.10. The third-order valence-electron chi connectivity index (χ3n) is 4.34. The molecule has 1 aliphatic heterocycles. The van der Waals surface area contributed by atoms with Crippen molar-refractivity contribution in [1.82, 2.24) is 4.90 Å². The number of nitrogens with one attached hydrogen (secondary N) is 1. The summed E-state index contributed by atoms with van der Waals surface area (Å²) in [5.74, 6) is 0.256. The average Bonchev–Trinajstić information content (AvgIpc) is 2.90. The van der Waals surface area contributed by atoms with Crippen LogP contribution < -0.4 is 10.1 Å². The largest absolute Gasteiger partial charge is 0.495 e. The topological polar surface area (TPSA) is 41.6 Å². The molecule has 0 radical (unpaired) electrons. The number of urea groups is 1. The van der Waals surface area contributed by atoms with Gasteiger partial charge >= 0.3 is 6.03 Å². The van der Waals surface area contributed by atoms with E-state index in [4.69, 9.17) is 16.3 Å². The highest BCUT2D eigenvalue weighted by molar-refractivity contribution is 7.99. The van der Waals surface area contributed by atoms with Crippen molar-refractivity contribution < 1.29 is 18.3 Å². The number of ether oxygens (including phenoxy) is 1. The zero-order chi connectivity index (χ0) is 19.4. The van der Waals surface area contributed by atoms with E-state index >= 15 is 0 Å². The first kappa shape index (κ1) is 19.8. The molecule has 3 rings (SSSR count). The van der Waals surface area contributed by atoms with Gasteiger partial charge in [0.05, 0.1) is 12.8 Å². The molecule has 8 heteroatoms. The minimum atomic E-state index is -0.459. The first-order valence-electron chi connectivity index (χ1n) is 8.44. The van der Waals surface area contributed by atoms with Gasteiger partial charge in [-0.15, -0.1) is 0 Å². The quantitative estimate of drug-likeness (QED) is 0.739. The molecule has 27 heavy (non-hydrogen) atoms. The number of thioether (sulfide) groups is 1. The lowest BCUT2D eigenvalue weighted by atomic mass is 10.1. The van der Waals surface area contributed by atoms with E-state index in [-0.39, 0.29) is 11.3 Å². The number of anilines is 1. The van der Waals surface area contributed by atoms with Crippen LogP contribution in [0.4, 0.5) is 19.3 Å². The van der Waals surface area contributed by atoms with Crippen LogP contribution in [0.3, 0.4) is 0 Å². The first-order valence-corrected chi connectivity index (χ1v) is 9.86. The van der Waals surface area contributed by atoms with Crippen LogP contribution in [0.25, 0.3) is 0 Å². The number of rotatable bonds is 3. The van der Waals surface area contributed by atoms with Crippen LogP contribution >= 0.6 is 23.4 Å². The summed E-state index contributed by atoms with van der Waals surface area (Å²) >= 11 is 7.52. The smallest absolute Gasteiger partial charge is 0.321 e. The molecule has 0 aliphatic carbocycles. The highest BCUT2D eigenvalue weighted by Crippen LogP contribution is 2.36. The number of hydrogen-bond donors (Lipinski definition) is 1. The molecule has 1 N–H and O–H groups in total. The van der Waals surface area contributed by atoms with Crippen molar-refractivity contribution in [3.8, 4) is 5.75 Å². The predicted octanol–water partition coefficient (Wildman–Crippen LogP) is 5.34. The normalized spacial score (nSPS) is 17.3. The Bertz CT molecular complexity index is 837. The Labute approximate surface area is 165 Å². The summed E-state index contributed by atoms with van der Waals surface area (Å²) in [5.41, 5.74) is 0.832. The van der Waals surface area contributed by atoms with E-state index in [9.17, 15) is 13.6 Å². The number of methoxy groups -OCH3 is 1. The van der Waals surface area contributed by atoms with Crippen LogP contribution in [0.1, 0.15) is 17.2 Å². The first-order chi connectivity index (χ1) is 13.0. The molecule has 0 bridgehead atoms. The molecule has 1 heterocycles. The minimum absolute atomic E-state index is 0.195. The van der Waals surface area contributed by atoms with Gasteiger partial charge in [-0.1, -0.05) is 11.6 Å². The van der Waals surface area contributed by atoms with E-state index in [1.165, 1.54) is 24.9 Å². The Morgan fingerprint density at radius 3 is 2.85 bits per heavy atom. The molecule has 0 aromatic heterocycles. The SMILES string of the molecule is COc1ccc(Cl)cc1NC(=O)N1CCS[C@H](c2cc(F)ccc2F)CC1. The Balaban J connectivity index is 1.68. The molecule has 1 fully saturated rings. The monoisotopic (exact) mass is 412 g/mol. The van der Waals surface area contributed by atoms with Crippen LogP contribution in [0.15, 0.2) is 36.4 Å². The van der Waals surface area contributed by atoms with Crippen LogP contribution in [0.5, 0.6) is 5.75 Å². The molecule has 1 saturated heterocycles. The fourth-order valence-electron chi connectivity index (χ4n) is 2.96. The van der Waals surface area contributed by atoms with Crippen LogP contribution in [0, 0.1) is 11.6 Å². The number of amides is 2. The molecular weight excluding hydrogens is 394 g/mol. The summed E-state index contributed by atoms with van der Waals surface area (Å²) < 4.78 is 32.8. The maximum Gasteiger partial charge on any atom is 0.321 e. The van der Waals surface area contributed by atoms with Crippen molar-refractivity contribution in [2.45, 2.75) is 11.7 Å². The van der Waals surface area contributed by atoms with Gasteiger partial charge in [0.2, 0.25) is 0 Å². The van der Waals surface area contributed by atoms with Gasteiger partial charge in [0, 0.05) is 34.7 Å². The van der Waals surface area contributed by atoms with Crippen molar-refractivity contribution in [3.05, 3.63) is 58.6 Å². The molecule has 1 aliphatic rings. The summed E-state index contributed by atoms with van der Waals surface area (Å²) in [6.07, 6.45) is 0.533. The zero-order valence-corrected chi connectivity index (χ0v) is 16.2. The Morgan fingerprint density at radius 1 is 1.26 bits per heavy atom. The van der Waals surface area contributed by atoms with Gasteiger partial charge in [0.1, 0.15) is 17.4 Å². The second kappa shape index (κ2) is 8.80. The number of halogens is 3. The number of carbonyl (C=O) groups excluding carboxylic acids is 1. The van der Waals surface area contributed by atoms with E-state index in [2.05, 4.69) is 5.32 Å². The van der Waals surface area contributed by atoms with Gasteiger partial charge in [-0.2, -0.15) is 11.8 Å². The van der Waals surface area contributed by atoms with E-state index in [1.54, 1.807) is 23.1 Å². The maximum atomic E-state index is 14.1. The summed E-state index contributed by atoms with van der Waals surface area (Å²) in [6.45, 7) is 0.940. The van der Waals surface area contributed by atoms with Crippen molar-refractivity contribution in [2.24, 2.45) is 0 Å². The van der Waals surface area contributed by atoms with Crippen LogP contribution in [0.2, 0.25) is 5.02 Å². The zero-order valence-electron chi connectivity index (χ0n) is 14.7. The van der Waals surface area contributed by atoms with Crippen molar-refractivity contribution >= 4 is 35.1 Å². The molecule has 2 aromatic rings. The highest BCUT2D eigenvalue weighted by atomic mass is 35.5. The molecule has 2 aromatic carbocycles. The van der Waals surface area contributed by atoms with Crippen molar-refractivity contribution in [2.75, 3.05) is 31.3 Å². The average molecular weight is 413 g/mol. The molecule has 0 unspecified atom stereocenters. The molecule has 2 amide bonds. The second-order valence-electron chi connectivity index (χ2n) is 6.08. The lowest BCUT2D eigenvalue weighted by molar-refractivity contribution is 0.215. The fourth-order valence-corrected chi connectivity index (χ4v) is 4.37. The summed E-state index contributed by atoms with van der Waals surface area (Å²) in [6, 6.07) is 8.19. The lowest BCUT2D eigenvalue weighted by Crippen LogP contribution is -2.36. The Hall–Kier alpha value is -1.99. The molecular formula is C19H19ClF2N2O2S. The third kappa shape index (κ3) is 4.84. The van der Waals surface area contributed by atoms with Gasteiger partial charge in [-0.25, -0.2) is 13.6 Å².